The van der Waals surface area contributed by atoms with Crippen LogP contribution in [0.5, 0.6) is 0 Å². The number of hydrogen-bond donors (Lipinski definition) is 1. The van der Waals surface area contributed by atoms with Crippen LogP contribution in [0.2, 0.25) is 0 Å². The molecule has 1 amide bonds. The van der Waals surface area contributed by atoms with Gasteiger partial charge in [0, 0.05) is 32.3 Å². The van der Waals surface area contributed by atoms with Crippen molar-refractivity contribution in [1.29, 1.82) is 0 Å². The van der Waals surface area contributed by atoms with Crippen molar-refractivity contribution in [3.63, 3.8) is 0 Å². The van der Waals surface area contributed by atoms with E-state index in [0.29, 0.717) is 12.1 Å². The van der Waals surface area contributed by atoms with Gasteiger partial charge in [0.1, 0.15) is 11.6 Å². The largest absolute Gasteiger partial charge is 0.356 e. The maximum atomic E-state index is 12.7. The molecule has 2 aliphatic rings. The summed E-state index contributed by atoms with van der Waals surface area (Å²) in [4.78, 5) is 19.3. The molecule has 0 atom stereocenters. The minimum atomic E-state index is -0.0981. The molecule has 7 heteroatoms. The van der Waals surface area contributed by atoms with Crippen LogP contribution in [0.15, 0.2) is 18.3 Å². The van der Waals surface area contributed by atoms with Gasteiger partial charge in [0.15, 0.2) is 5.82 Å². The highest BCUT2D eigenvalue weighted by Crippen LogP contribution is 2.21. The SMILES string of the molecule is O=C(NCc1nnc2n1CCC2)c1cccnc1N1CCCCC1. The highest BCUT2D eigenvalue weighted by atomic mass is 16.1. The third-order valence-corrected chi connectivity index (χ3v) is 4.78. The molecule has 2 aromatic heterocycles. The summed E-state index contributed by atoms with van der Waals surface area (Å²) < 4.78 is 2.11. The summed E-state index contributed by atoms with van der Waals surface area (Å²) in [5.41, 5.74) is 0.639. The fourth-order valence-corrected chi connectivity index (χ4v) is 3.53. The van der Waals surface area contributed by atoms with E-state index in [2.05, 4.69) is 30.0 Å². The summed E-state index contributed by atoms with van der Waals surface area (Å²) in [5, 5.41) is 11.3. The summed E-state index contributed by atoms with van der Waals surface area (Å²) in [6, 6.07) is 3.66. The van der Waals surface area contributed by atoms with Gasteiger partial charge in [-0.1, -0.05) is 0 Å². The van der Waals surface area contributed by atoms with Crippen LogP contribution in [0.4, 0.5) is 5.82 Å². The Balaban J connectivity index is 1.48. The smallest absolute Gasteiger partial charge is 0.255 e. The van der Waals surface area contributed by atoms with Crippen molar-refractivity contribution < 1.29 is 4.79 Å². The van der Waals surface area contributed by atoms with Gasteiger partial charge >= 0.3 is 0 Å². The number of fused-ring (bicyclic) bond motifs is 1. The molecule has 7 nitrogen and oxygen atoms in total. The monoisotopic (exact) mass is 326 g/mol. The lowest BCUT2D eigenvalue weighted by molar-refractivity contribution is 0.0949. The average molecular weight is 326 g/mol. The molecule has 0 unspecified atom stereocenters. The van der Waals surface area contributed by atoms with Crippen molar-refractivity contribution in [2.75, 3.05) is 18.0 Å². The first-order chi connectivity index (χ1) is 11.8. The van der Waals surface area contributed by atoms with E-state index in [4.69, 9.17) is 0 Å². The predicted molar refractivity (Wildman–Crippen MR) is 89.8 cm³/mol. The van der Waals surface area contributed by atoms with Crippen molar-refractivity contribution in [2.24, 2.45) is 0 Å². The number of amides is 1. The molecule has 2 aliphatic heterocycles. The van der Waals surface area contributed by atoms with Gasteiger partial charge in [-0.15, -0.1) is 10.2 Å². The lowest BCUT2D eigenvalue weighted by Gasteiger charge is -2.29. The predicted octanol–water partition coefficient (Wildman–Crippen LogP) is 1.54. The van der Waals surface area contributed by atoms with E-state index in [-0.39, 0.29) is 5.91 Å². The Morgan fingerprint density at radius 3 is 2.88 bits per heavy atom. The molecule has 126 valence electrons. The zero-order chi connectivity index (χ0) is 16.4. The zero-order valence-electron chi connectivity index (χ0n) is 13.7. The number of hydrogen-bond acceptors (Lipinski definition) is 5. The van der Waals surface area contributed by atoms with E-state index in [1.807, 2.05) is 12.1 Å². The molecule has 0 aromatic carbocycles. The lowest BCUT2D eigenvalue weighted by Crippen LogP contribution is -2.33. The van der Waals surface area contributed by atoms with Gasteiger partial charge in [-0.05, 0) is 37.8 Å². The number of pyridine rings is 1. The molecule has 0 radical (unpaired) electrons. The molecule has 2 aromatic rings. The van der Waals surface area contributed by atoms with E-state index >= 15 is 0 Å². The number of nitrogens with one attached hydrogen (secondary N) is 1. The zero-order valence-corrected chi connectivity index (χ0v) is 13.7. The summed E-state index contributed by atoms with van der Waals surface area (Å²) in [5.74, 6) is 2.55. The molecule has 4 heterocycles. The second-order valence-corrected chi connectivity index (χ2v) is 6.39. The van der Waals surface area contributed by atoms with Gasteiger partial charge in [0.2, 0.25) is 0 Å². The molecule has 0 bridgehead atoms. The first-order valence-electron chi connectivity index (χ1n) is 8.72. The van der Waals surface area contributed by atoms with Gasteiger partial charge in [-0.25, -0.2) is 4.98 Å². The second kappa shape index (κ2) is 6.59. The second-order valence-electron chi connectivity index (χ2n) is 6.39. The number of aromatic nitrogens is 4. The summed E-state index contributed by atoms with van der Waals surface area (Å²) in [6.45, 7) is 3.28. The number of carbonyl (C=O) groups is 1. The highest BCUT2D eigenvalue weighted by Gasteiger charge is 2.21. The van der Waals surface area contributed by atoms with Crippen molar-refractivity contribution >= 4 is 11.7 Å². The van der Waals surface area contributed by atoms with Crippen LogP contribution in [0.25, 0.3) is 0 Å². The van der Waals surface area contributed by atoms with Crippen LogP contribution < -0.4 is 10.2 Å². The minimum Gasteiger partial charge on any atom is -0.356 e. The lowest BCUT2D eigenvalue weighted by atomic mass is 10.1. The Morgan fingerprint density at radius 1 is 1.12 bits per heavy atom. The Kier molecular flexibility index (Phi) is 4.15. The fourth-order valence-electron chi connectivity index (χ4n) is 3.53. The molecule has 0 spiro atoms. The van der Waals surface area contributed by atoms with Crippen molar-refractivity contribution in [2.45, 2.75) is 45.2 Å². The number of anilines is 1. The third-order valence-electron chi connectivity index (χ3n) is 4.78. The highest BCUT2D eigenvalue weighted by molar-refractivity contribution is 5.98. The van der Waals surface area contributed by atoms with Crippen molar-refractivity contribution in [3.05, 3.63) is 35.5 Å². The number of carbonyl (C=O) groups excluding carboxylic acids is 1. The van der Waals surface area contributed by atoms with E-state index in [1.165, 1.54) is 6.42 Å². The topological polar surface area (TPSA) is 75.9 Å². The van der Waals surface area contributed by atoms with Crippen LogP contribution in [-0.2, 0) is 19.5 Å². The molecular weight excluding hydrogens is 304 g/mol. The Bertz CT molecular complexity index is 734. The first kappa shape index (κ1) is 15.1. The summed E-state index contributed by atoms with van der Waals surface area (Å²) >= 11 is 0. The molecular formula is C17H22N6O. The van der Waals surface area contributed by atoms with E-state index in [1.54, 1.807) is 6.20 Å². The van der Waals surface area contributed by atoms with Crippen LogP contribution in [0.1, 0.15) is 47.7 Å². The molecule has 1 N–H and O–H groups in total. The van der Waals surface area contributed by atoms with E-state index in [9.17, 15) is 4.79 Å². The van der Waals surface area contributed by atoms with E-state index < -0.39 is 0 Å². The van der Waals surface area contributed by atoms with Crippen LogP contribution in [0, 0.1) is 0 Å². The van der Waals surface area contributed by atoms with Gasteiger partial charge in [0.05, 0.1) is 12.1 Å². The van der Waals surface area contributed by atoms with Gasteiger partial charge in [0.25, 0.3) is 5.91 Å². The summed E-state index contributed by atoms with van der Waals surface area (Å²) in [7, 11) is 0. The molecule has 1 fully saturated rings. The normalized spacial score (nSPS) is 16.9. The third kappa shape index (κ3) is 2.86. The fraction of sp³-hybridized carbons (Fsp3) is 0.529. The van der Waals surface area contributed by atoms with Crippen molar-refractivity contribution in [3.8, 4) is 0 Å². The van der Waals surface area contributed by atoms with Gasteiger partial charge < -0.3 is 14.8 Å². The quantitative estimate of drug-likeness (QED) is 0.922. The molecule has 4 rings (SSSR count). The Labute approximate surface area is 141 Å². The Hall–Kier alpha value is -2.44. The maximum Gasteiger partial charge on any atom is 0.255 e. The van der Waals surface area contributed by atoms with Crippen LogP contribution >= 0.6 is 0 Å². The number of rotatable bonds is 4. The van der Waals surface area contributed by atoms with Crippen LogP contribution in [-0.4, -0.2) is 38.7 Å². The molecule has 1 saturated heterocycles. The van der Waals surface area contributed by atoms with Crippen LogP contribution in [0.3, 0.4) is 0 Å². The maximum absolute atomic E-state index is 12.7. The number of piperidine rings is 1. The van der Waals surface area contributed by atoms with Crippen molar-refractivity contribution in [1.82, 2.24) is 25.1 Å². The molecule has 0 saturated carbocycles. The Morgan fingerprint density at radius 2 is 2.00 bits per heavy atom. The minimum absolute atomic E-state index is 0.0981. The molecule has 0 aliphatic carbocycles. The standard InChI is InChI=1S/C17H22N6O/c24-17(19-12-15-21-20-14-7-5-11-23(14)15)13-6-4-8-18-16(13)22-9-2-1-3-10-22/h4,6,8H,1-3,5,7,9-12H2,(H,19,24). The average Bonchev–Trinajstić information content (AvgIpc) is 3.24. The number of nitrogens with zero attached hydrogens (tertiary/aromatic N) is 5. The number of aryl methyl sites for hydroxylation is 1. The molecule has 24 heavy (non-hydrogen) atoms. The first-order valence-corrected chi connectivity index (χ1v) is 8.72. The van der Waals surface area contributed by atoms with Gasteiger partial charge in [-0.2, -0.15) is 0 Å². The summed E-state index contributed by atoms with van der Waals surface area (Å²) in [6.07, 6.45) is 7.40. The van der Waals surface area contributed by atoms with E-state index in [0.717, 1.165) is 62.8 Å². The van der Waals surface area contributed by atoms with Gasteiger partial charge in [-0.3, -0.25) is 4.79 Å².